The molecule has 1 saturated carbocycles. The summed E-state index contributed by atoms with van der Waals surface area (Å²) < 4.78 is 33.3. The molecule has 1 aliphatic rings. The van der Waals surface area contributed by atoms with Crippen molar-refractivity contribution in [3.05, 3.63) is 97.2 Å². The van der Waals surface area contributed by atoms with Crippen molar-refractivity contribution >= 4 is 19.8 Å². The molecule has 0 saturated heterocycles. The molecule has 0 heterocycles. The first-order chi connectivity index (χ1) is 32.2. The fraction of sp³-hybridized carbons (Fsp3) is 0.647. The van der Waals surface area contributed by atoms with Crippen LogP contribution in [-0.2, 0) is 32.7 Å². The van der Waals surface area contributed by atoms with Gasteiger partial charge in [-0.15, -0.1) is 0 Å². The van der Waals surface area contributed by atoms with Gasteiger partial charge in [0.15, 0.2) is 6.10 Å². The predicted octanol–water partition coefficient (Wildman–Crippen LogP) is 7.77. The van der Waals surface area contributed by atoms with Gasteiger partial charge >= 0.3 is 19.8 Å². The van der Waals surface area contributed by atoms with Crippen molar-refractivity contribution in [3.8, 4) is 0 Å². The average Bonchev–Trinajstić information content (AvgIpc) is 3.30. The number of aliphatic hydroxyl groups is 7. The fourth-order valence-corrected chi connectivity index (χ4v) is 7.56. The molecule has 5 unspecified atom stereocenters. The number of esters is 2. The van der Waals surface area contributed by atoms with E-state index in [2.05, 4.69) is 92.8 Å². The molecule has 0 spiro atoms. The number of phosphoric ester groups is 1. The number of allylic oxidation sites excluding steroid dienone is 15. The number of aliphatic hydroxyl groups excluding tert-OH is 7. The van der Waals surface area contributed by atoms with Crippen molar-refractivity contribution in [1.29, 1.82) is 0 Å². The summed E-state index contributed by atoms with van der Waals surface area (Å²) in [5, 5.41) is 71.0. The van der Waals surface area contributed by atoms with Crippen LogP contribution < -0.4 is 0 Å². The molecular formula is C51H83O15P. The molecule has 0 aromatic carbocycles. The highest BCUT2D eigenvalue weighted by atomic mass is 31.2. The summed E-state index contributed by atoms with van der Waals surface area (Å²) in [6, 6.07) is 0. The zero-order chi connectivity index (χ0) is 49.5. The number of rotatable bonds is 38. The van der Waals surface area contributed by atoms with Crippen LogP contribution in [-0.4, -0.2) is 121 Å². The van der Waals surface area contributed by atoms with Crippen molar-refractivity contribution < 1.29 is 73.3 Å². The van der Waals surface area contributed by atoms with Gasteiger partial charge in [-0.3, -0.25) is 18.6 Å². The van der Waals surface area contributed by atoms with Gasteiger partial charge in [0, 0.05) is 12.8 Å². The van der Waals surface area contributed by atoms with Gasteiger partial charge in [-0.1, -0.05) is 130 Å². The lowest BCUT2D eigenvalue weighted by molar-refractivity contribution is -0.220. The summed E-state index contributed by atoms with van der Waals surface area (Å²) in [5.41, 5.74) is 0. The number of carbonyl (C=O) groups is 2. The first-order valence-electron chi connectivity index (χ1n) is 24.2. The molecule has 0 radical (unpaired) electrons. The molecule has 15 nitrogen and oxygen atoms in total. The number of ether oxygens (including phenoxy) is 2. The van der Waals surface area contributed by atoms with Crippen LogP contribution in [0.2, 0.25) is 0 Å². The Kier molecular flexibility index (Phi) is 36.4. The van der Waals surface area contributed by atoms with Crippen LogP contribution in [0.5, 0.6) is 0 Å². The van der Waals surface area contributed by atoms with Gasteiger partial charge in [-0.2, -0.15) is 0 Å². The SMILES string of the molecule is CC/C=C\C/C=C\C/C=C\C/C=C\C/C=C\CCCCCC(=O)O[C@H](COC(=O)CCCC(O)C(O)C/C=C\C/C=C\C/C=C\CCCCC)COP(=O)(O)OC1[C@H](O)[C@H](O)C(O)[C@H](O)[C@H]1O. The van der Waals surface area contributed by atoms with Gasteiger partial charge in [-0.25, -0.2) is 4.57 Å². The second kappa shape index (κ2) is 39.5. The molecular weight excluding hydrogens is 884 g/mol. The minimum absolute atomic E-state index is 0.00901. The van der Waals surface area contributed by atoms with Crippen LogP contribution in [0.4, 0.5) is 0 Å². The van der Waals surface area contributed by atoms with Crippen molar-refractivity contribution in [2.75, 3.05) is 13.2 Å². The van der Waals surface area contributed by atoms with E-state index in [1.807, 2.05) is 12.2 Å². The Labute approximate surface area is 399 Å². The summed E-state index contributed by atoms with van der Waals surface area (Å²) in [7, 11) is -5.21. The minimum Gasteiger partial charge on any atom is -0.462 e. The Morgan fingerprint density at radius 2 is 1.00 bits per heavy atom. The Bertz CT molecular complexity index is 1570. The summed E-state index contributed by atoms with van der Waals surface area (Å²) in [5.74, 6) is -1.43. The molecule has 1 fully saturated rings. The van der Waals surface area contributed by atoms with Crippen LogP contribution >= 0.6 is 7.82 Å². The monoisotopic (exact) mass is 967 g/mol. The van der Waals surface area contributed by atoms with Crippen LogP contribution in [0.15, 0.2) is 97.2 Å². The van der Waals surface area contributed by atoms with E-state index in [-0.39, 0.29) is 32.1 Å². The Balaban J connectivity index is 2.58. The van der Waals surface area contributed by atoms with E-state index in [9.17, 15) is 54.8 Å². The zero-order valence-electron chi connectivity index (χ0n) is 39.9. The third-order valence-corrected chi connectivity index (χ3v) is 11.6. The van der Waals surface area contributed by atoms with E-state index < -0.39 is 87.9 Å². The number of hydrogen-bond donors (Lipinski definition) is 8. The Hall–Kier alpha value is -3.31. The van der Waals surface area contributed by atoms with Gasteiger partial charge in [0.25, 0.3) is 0 Å². The number of phosphoric acid groups is 1. The summed E-state index contributed by atoms with van der Waals surface area (Å²) in [4.78, 5) is 35.8. The molecule has 0 aliphatic heterocycles. The van der Waals surface area contributed by atoms with Gasteiger partial charge in [0.05, 0.1) is 18.8 Å². The van der Waals surface area contributed by atoms with Crippen molar-refractivity contribution in [2.45, 2.75) is 197 Å². The van der Waals surface area contributed by atoms with Crippen LogP contribution in [0, 0.1) is 0 Å². The molecule has 16 heteroatoms. The second-order valence-corrected chi connectivity index (χ2v) is 17.9. The van der Waals surface area contributed by atoms with E-state index >= 15 is 0 Å². The largest absolute Gasteiger partial charge is 0.472 e. The standard InChI is InChI=1S/C51H83O15P/c1-3-5-7-9-11-13-15-17-18-19-20-21-22-23-25-27-29-31-33-37-45(55)65-41(40-64-67(61,62)66-51-49(59)47(57)46(56)48(58)50(51)60)39-63-44(54)38-34-36-43(53)42(52)35-32-30-28-26-24-16-14-12-10-8-6-4-2/h5,7,11-14,17-18,20-21,23-26,30,32,41-43,46-53,56-60H,3-4,6,8-10,15-16,19,22,27-29,31,33-40H2,1-2H3,(H,61,62)/b7-5-,13-11-,14-12-,18-17-,21-20-,25-23-,26-24-,32-30-/t41-,42?,43?,46?,47-,48+,49-,50-,51?/m1/s1. The summed E-state index contributed by atoms with van der Waals surface area (Å²) in [6.45, 7) is 2.87. The highest BCUT2D eigenvalue weighted by Crippen LogP contribution is 2.47. The first-order valence-corrected chi connectivity index (χ1v) is 25.7. The lowest BCUT2D eigenvalue weighted by Crippen LogP contribution is -2.64. The molecule has 10 atom stereocenters. The predicted molar refractivity (Wildman–Crippen MR) is 260 cm³/mol. The smallest absolute Gasteiger partial charge is 0.462 e. The molecule has 0 amide bonds. The van der Waals surface area contributed by atoms with E-state index in [1.165, 1.54) is 19.3 Å². The Morgan fingerprint density at radius 1 is 0.537 bits per heavy atom. The molecule has 382 valence electrons. The fourth-order valence-electron chi connectivity index (χ4n) is 6.59. The van der Waals surface area contributed by atoms with Crippen molar-refractivity contribution in [2.24, 2.45) is 0 Å². The van der Waals surface area contributed by atoms with E-state index in [4.69, 9.17) is 18.5 Å². The highest BCUT2D eigenvalue weighted by Gasteiger charge is 2.51. The van der Waals surface area contributed by atoms with Crippen LogP contribution in [0.3, 0.4) is 0 Å². The topological polar surface area (TPSA) is 250 Å². The molecule has 1 rings (SSSR count). The first kappa shape index (κ1) is 61.7. The third kappa shape index (κ3) is 31.4. The van der Waals surface area contributed by atoms with Crippen molar-refractivity contribution in [1.82, 2.24) is 0 Å². The molecule has 0 aromatic rings. The summed E-state index contributed by atoms with van der Waals surface area (Å²) >= 11 is 0. The molecule has 67 heavy (non-hydrogen) atoms. The zero-order valence-corrected chi connectivity index (χ0v) is 40.8. The number of unbranched alkanes of at least 4 members (excludes halogenated alkanes) is 6. The number of hydrogen-bond acceptors (Lipinski definition) is 14. The lowest BCUT2D eigenvalue weighted by atomic mass is 9.85. The second-order valence-electron chi connectivity index (χ2n) is 16.5. The maximum Gasteiger partial charge on any atom is 0.472 e. The van der Waals surface area contributed by atoms with E-state index in [0.717, 1.165) is 57.8 Å². The average molecular weight is 967 g/mol. The van der Waals surface area contributed by atoms with Crippen LogP contribution in [0.25, 0.3) is 0 Å². The maximum atomic E-state index is 12.8. The lowest BCUT2D eigenvalue weighted by Gasteiger charge is -2.41. The highest BCUT2D eigenvalue weighted by molar-refractivity contribution is 7.47. The number of carbonyl (C=O) groups excluding carboxylic acids is 2. The molecule has 1 aliphatic carbocycles. The van der Waals surface area contributed by atoms with Gasteiger partial charge in [-0.05, 0) is 96.3 Å². The maximum absolute atomic E-state index is 12.8. The third-order valence-electron chi connectivity index (χ3n) is 10.6. The molecule has 0 bridgehead atoms. The van der Waals surface area contributed by atoms with Gasteiger partial charge in [0.2, 0.25) is 0 Å². The minimum atomic E-state index is -5.21. The quantitative estimate of drug-likeness (QED) is 0.0127. The van der Waals surface area contributed by atoms with E-state index in [1.54, 1.807) is 6.08 Å². The van der Waals surface area contributed by atoms with Gasteiger partial charge in [0.1, 0.15) is 43.2 Å². The Morgan fingerprint density at radius 3 is 1.52 bits per heavy atom. The van der Waals surface area contributed by atoms with Crippen LogP contribution in [0.1, 0.15) is 142 Å². The van der Waals surface area contributed by atoms with E-state index in [0.29, 0.717) is 19.3 Å². The normalized spacial score (nSPS) is 23.0. The molecule has 8 N–H and O–H groups in total. The van der Waals surface area contributed by atoms with Crippen molar-refractivity contribution in [3.63, 3.8) is 0 Å². The molecule has 0 aromatic heterocycles. The summed E-state index contributed by atoms with van der Waals surface area (Å²) in [6.07, 6.45) is 31.8. The van der Waals surface area contributed by atoms with Gasteiger partial charge < -0.3 is 50.1 Å².